The number of aliphatic hydroxyl groups excluding tert-OH is 3. The van der Waals surface area contributed by atoms with Crippen molar-refractivity contribution < 1.29 is 68.4 Å². The smallest absolute Gasteiger partial charge is 0.420 e. The lowest BCUT2D eigenvalue weighted by Crippen LogP contribution is -2.66. The van der Waals surface area contributed by atoms with Gasteiger partial charge in [-0.15, -0.1) is 0 Å². The van der Waals surface area contributed by atoms with Crippen LogP contribution in [0.15, 0.2) is 0 Å². The Morgan fingerprint density at radius 3 is 1.28 bits per heavy atom. The summed E-state index contributed by atoms with van der Waals surface area (Å²) in [6.45, 7) is 0. The highest BCUT2D eigenvalue weighted by Gasteiger charge is 2.59. The topological polar surface area (TPSA) is 188 Å². The van der Waals surface area contributed by atoms with Gasteiger partial charge in [-0.25, -0.2) is 0 Å². The summed E-state index contributed by atoms with van der Waals surface area (Å²) < 4.78 is 80.4. The molecule has 3 N–H and O–H groups in total. The van der Waals surface area contributed by atoms with Crippen molar-refractivity contribution in [2.75, 3.05) is 35.5 Å². The van der Waals surface area contributed by atoms with Gasteiger partial charge in [0.25, 0.3) is 0 Å². The summed E-state index contributed by atoms with van der Waals surface area (Å²) in [6, 6.07) is 4.61. The zero-order valence-electron chi connectivity index (χ0n) is 41.7. The van der Waals surface area contributed by atoms with E-state index in [4.69, 9.17) is 68.4 Å². The Labute approximate surface area is 409 Å². The Kier molecular flexibility index (Phi) is 20.6. The maximum atomic E-state index is 7.83. The predicted molar refractivity (Wildman–Crippen MR) is 263 cm³/mol. The van der Waals surface area contributed by atoms with Crippen molar-refractivity contribution >= 4 is 45.5 Å². The van der Waals surface area contributed by atoms with Gasteiger partial charge in [-0.2, -0.15) is 0 Å². The zero-order valence-corrected chi connectivity index (χ0v) is 47.2. The highest BCUT2D eigenvalue weighted by Crippen LogP contribution is 2.47. The van der Waals surface area contributed by atoms with Crippen molar-refractivity contribution in [3.05, 3.63) is 0 Å². The first-order valence-electron chi connectivity index (χ1n) is 27.0. The molecule has 388 valence electrons. The van der Waals surface area contributed by atoms with Crippen LogP contribution < -0.4 is 0 Å². The molecule has 5 saturated carbocycles. The maximum Gasteiger partial charge on any atom is 0.484 e. The van der Waals surface area contributed by atoms with Crippen LogP contribution in [0.3, 0.4) is 0 Å². The van der Waals surface area contributed by atoms with Gasteiger partial charge >= 0.3 is 45.5 Å². The molecule has 15 nitrogen and oxygen atoms in total. The normalized spacial score (nSPS) is 44.0. The Morgan fingerprint density at radius 2 is 0.896 bits per heavy atom. The van der Waals surface area contributed by atoms with Crippen LogP contribution >= 0.6 is 0 Å². The van der Waals surface area contributed by atoms with Crippen LogP contribution in [0.25, 0.3) is 0 Å². The molecular formula is C47H90O15Si5. The Bertz CT molecular complexity index is 1440. The molecule has 6 aliphatic heterocycles. The molecule has 0 amide bonds. The standard InChI is InChI=1S/C44H78O12Si5.3CH4O/c1-45-57(22-17-32-9-14-37-42(27-32)49-37)53-60(46-2,23-18-33-10-15-38-43(28-33)50-38)56-61(24-19-34-11-16-39-44(29-34)51-39)54-58(20-3-5-30-7-12-35-40(25-30)47-35)52-59(55-61)21-4-6-31-8-13-36-41(26-31)48-36;3*1-2/h30-44,57-59H,3-29H2,1-2H3;3*2H,1H3. The molecule has 0 aromatic rings. The van der Waals surface area contributed by atoms with E-state index in [0.717, 1.165) is 108 Å². The summed E-state index contributed by atoms with van der Waals surface area (Å²) in [4.78, 5) is 0. The molecule has 6 heterocycles. The van der Waals surface area contributed by atoms with Gasteiger partial charge in [0.1, 0.15) is 0 Å². The third-order valence-electron chi connectivity index (χ3n) is 17.3. The number of ether oxygens (including phenoxy) is 5. The third kappa shape index (κ3) is 15.3. The molecule has 0 aromatic heterocycles. The van der Waals surface area contributed by atoms with Crippen LogP contribution in [0, 0.1) is 29.6 Å². The van der Waals surface area contributed by atoms with E-state index in [9.17, 15) is 0 Å². The lowest BCUT2D eigenvalue weighted by atomic mass is 9.86. The lowest BCUT2D eigenvalue weighted by Gasteiger charge is -2.46. The molecule has 11 rings (SSSR count). The first-order valence-corrected chi connectivity index (χ1v) is 36.1. The van der Waals surface area contributed by atoms with Crippen molar-refractivity contribution in [3.8, 4) is 0 Å². The van der Waals surface area contributed by atoms with E-state index in [-0.39, 0.29) is 0 Å². The molecule has 5 aliphatic carbocycles. The molecule has 0 bridgehead atoms. The Hall–Kier alpha value is 0.484. The largest absolute Gasteiger partial charge is 0.484 e. The molecule has 19 atom stereocenters. The minimum absolute atomic E-state index is 0.441. The van der Waals surface area contributed by atoms with Crippen molar-refractivity contribution in [3.63, 3.8) is 0 Å². The third-order valence-corrected chi connectivity index (χ3v) is 35.2. The van der Waals surface area contributed by atoms with E-state index in [1.807, 2.05) is 14.2 Å². The average Bonchev–Trinajstić information content (AvgIpc) is 4.13. The van der Waals surface area contributed by atoms with E-state index in [1.165, 1.54) is 96.3 Å². The van der Waals surface area contributed by atoms with Gasteiger partial charge in [-0.1, -0.05) is 25.7 Å². The summed E-state index contributed by atoms with van der Waals surface area (Å²) >= 11 is 0. The monoisotopic (exact) mass is 1030 g/mol. The van der Waals surface area contributed by atoms with Crippen LogP contribution in [0.4, 0.5) is 0 Å². The minimum Gasteiger partial charge on any atom is -0.420 e. The van der Waals surface area contributed by atoms with E-state index >= 15 is 0 Å². The molecule has 11 aliphatic rings. The summed E-state index contributed by atoms with van der Waals surface area (Å²) in [5, 5.41) is 21.0. The van der Waals surface area contributed by atoms with Gasteiger partial charge in [0.05, 0.1) is 61.0 Å². The Balaban J connectivity index is 0.000000977. The van der Waals surface area contributed by atoms with Gasteiger partial charge in [0.15, 0.2) is 0 Å². The van der Waals surface area contributed by atoms with Crippen molar-refractivity contribution in [1.29, 1.82) is 0 Å². The predicted octanol–water partition coefficient (Wildman–Crippen LogP) is 6.31. The lowest BCUT2D eigenvalue weighted by molar-refractivity contribution is 0.111. The molecule has 0 spiro atoms. The van der Waals surface area contributed by atoms with Crippen LogP contribution in [0.5, 0.6) is 0 Å². The van der Waals surface area contributed by atoms with Gasteiger partial charge in [-0.05, 0) is 163 Å². The maximum absolute atomic E-state index is 7.83. The number of epoxide rings is 5. The molecule has 20 heteroatoms. The van der Waals surface area contributed by atoms with Gasteiger partial charge in [0, 0.05) is 47.6 Å². The highest BCUT2D eigenvalue weighted by atomic mass is 28.5. The molecule has 11 fully saturated rings. The highest BCUT2D eigenvalue weighted by molar-refractivity contribution is 6.85. The van der Waals surface area contributed by atoms with Crippen LogP contribution in [-0.2, 0) is 53.1 Å². The molecule has 0 aromatic carbocycles. The van der Waals surface area contributed by atoms with Crippen LogP contribution in [-0.4, -0.2) is 157 Å². The molecule has 0 radical (unpaired) electrons. The zero-order chi connectivity index (χ0) is 47.0. The van der Waals surface area contributed by atoms with E-state index in [2.05, 4.69) is 0 Å². The Morgan fingerprint density at radius 1 is 0.507 bits per heavy atom. The number of aliphatic hydroxyl groups is 3. The molecule has 67 heavy (non-hydrogen) atoms. The molecule has 6 saturated heterocycles. The van der Waals surface area contributed by atoms with Gasteiger partial charge in [0.2, 0.25) is 0 Å². The summed E-state index contributed by atoms with van der Waals surface area (Å²) in [7, 11) is -6.34. The fourth-order valence-electron chi connectivity index (χ4n) is 13.1. The van der Waals surface area contributed by atoms with Crippen molar-refractivity contribution in [1.82, 2.24) is 0 Å². The van der Waals surface area contributed by atoms with E-state index in [0.29, 0.717) is 78.8 Å². The number of hydrogen-bond donors (Lipinski definition) is 3. The second-order valence-corrected chi connectivity index (χ2v) is 35.3. The van der Waals surface area contributed by atoms with Gasteiger partial charge < -0.3 is 68.4 Å². The number of rotatable bonds is 23. The number of hydrogen-bond acceptors (Lipinski definition) is 15. The van der Waals surface area contributed by atoms with Crippen molar-refractivity contribution in [2.45, 2.75) is 233 Å². The minimum atomic E-state index is -3.35. The van der Waals surface area contributed by atoms with Crippen LogP contribution in [0.2, 0.25) is 30.2 Å². The average molecular weight is 1040 g/mol. The summed E-state index contributed by atoms with van der Waals surface area (Å²) in [6.07, 6.45) is 31.2. The molecule has 19 unspecified atom stereocenters. The fourth-order valence-corrected chi connectivity index (χ4v) is 34.9. The molecular weight excluding hydrogens is 945 g/mol. The fraction of sp³-hybridized carbons (Fsp3) is 1.00. The van der Waals surface area contributed by atoms with Crippen molar-refractivity contribution in [2.24, 2.45) is 29.6 Å². The summed E-state index contributed by atoms with van der Waals surface area (Å²) in [5.74, 6) is 3.39. The second-order valence-electron chi connectivity index (χ2n) is 21.7. The first-order chi connectivity index (χ1) is 32.9. The summed E-state index contributed by atoms with van der Waals surface area (Å²) in [5.41, 5.74) is 0. The second kappa shape index (κ2) is 25.6. The first kappa shape index (κ1) is 53.8. The van der Waals surface area contributed by atoms with E-state index < -0.39 is 45.5 Å². The quantitative estimate of drug-likeness (QED) is 0.0763. The SMILES string of the molecule is CO.CO.CO.CO[SiH](CCC1CCC2OC2C1)O[Si](CCC1CCC2OC2C1)(OC)O[Si]1(CCC2CCC3OC3C2)O[SiH](CCCC2CCC3OC3C2)O[SiH](CCCC2CCC3OC3C2)O1. The number of fused-ring (bicyclic) bond motifs is 5. The van der Waals surface area contributed by atoms with Gasteiger partial charge in [-0.3, -0.25) is 0 Å². The van der Waals surface area contributed by atoms with E-state index in [1.54, 1.807) is 0 Å². The van der Waals surface area contributed by atoms with Crippen LogP contribution in [0.1, 0.15) is 141 Å².